The molecule has 0 heterocycles. The molecule has 0 unspecified atom stereocenters. The first-order valence-corrected chi connectivity index (χ1v) is 9.19. The lowest BCUT2D eigenvalue weighted by atomic mass is 10.4. The summed E-state index contributed by atoms with van der Waals surface area (Å²) in [6.45, 7) is 2.72. The molecular weight excluding hydrogens is 314 g/mol. The van der Waals surface area contributed by atoms with Gasteiger partial charge in [-0.05, 0) is 31.2 Å². The summed E-state index contributed by atoms with van der Waals surface area (Å²) in [5, 5.41) is 0. The minimum atomic E-state index is -3.85. The van der Waals surface area contributed by atoms with E-state index in [9.17, 15) is 16.8 Å². The van der Waals surface area contributed by atoms with Crippen LogP contribution < -0.4 is 4.72 Å². The zero-order valence-electron chi connectivity index (χ0n) is 10.2. The predicted molar refractivity (Wildman–Crippen MR) is 71.2 cm³/mol. The average Bonchev–Trinajstić information content (AvgIpc) is 2.34. The Morgan fingerprint density at radius 1 is 1.11 bits per heavy atom. The summed E-state index contributed by atoms with van der Waals surface area (Å²) >= 11 is 0. The Bertz CT molecular complexity index is 610. The number of sulfonamides is 1. The largest absolute Gasteiger partial charge is 0.380 e. The van der Waals surface area contributed by atoms with Crippen LogP contribution in [-0.2, 0) is 23.8 Å². The Balaban J connectivity index is 2.80. The molecule has 0 fully saturated rings. The van der Waals surface area contributed by atoms with E-state index in [0.29, 0.717) is 6.61 Å². The van der Waals surface area contributed by atoms with Crippen molar-refractivity contribution in [2.24, 2.45) is 0 Å². The predicted octanol–water partition coefficient (Wildman–Crippen LogP) is 0.929. The normalized spacial score (nSPS) is 12.5. The molecule has 0 saturated carbocycles. The fourth-order valence-electron chi connectivity index (χ4n) is 1.26. The molecule has 6 nitrogen and oxygen atoms in total. The van der Waals surface area contributed by atoms with E-state index in [1.807, 2.05) is 0 Å². The third-order valence-corrected chi connectivity index (χ3v) is 5.00. The van der Waals surface area contributed by atoms with Gasteiger partial charge in [-0.1, -0.05) is 0 Å². The number of hydrogen-bond acceptors (Lipinski definition) is 5. The molecule has 0 radical (unpaired) electrons. The standard InChI is InChI=1S/C10H14ClNO5S2/c1-2-17-8-7-12-19(15,16)10-5-3-9(4-6-10)18(11,13)14/h3-6,12H,2,7-8H2,1H3. The molecule has 0 aliphatic carbocycles. The van der Waals surface area contributed by atoms with Crippen LogP contribution in [0.3, 0.4) is 0 Å². The van der Waals surface area contributed by atoms with Crippen molar-refractivity contribution in [3.05, 3.63) is 24.3 Å². The SMILES string of the molecule is CCOCCNS(=O)(=O)c1ccc(S(=O)(=O)Cl)cc1. The summed E-state index contributed by atoms with van der Waals surface area (Å²) in [6, 6.07) is 4.63. The van der Waals surface area contributed by atoms with Crippen LogP contribution in [0.15, 0.2) is 34.1 Å². The quantitative estimate of drug-likeness (QED) is 0.594. The van der Waals surface area contributed by atoms with Gasteiger partial charge < -0.3 is 4.74 Å². The van der Waals surface area contributed by atoms with Gasteiger partial charge in [-0.25, -0.2) is 21.6 Å². The molecule has 1 aromatic carbocycles. The highest BCUT2D eigenvalue weighted by Gasteiger charge is 2.15. The van der Waals surface area contributed by atoms with E-state index in [1.54, 1.807) is 6.92 Å². The summed E-state index contributed by atoms with van der Waals surface area (Å²) in [5.74, 6) is 0. The maximum atomic E-state index is 11.8. The Hall–Kier alpha value is -0.670. The molecular formula is C10H14ClNO5S2. The molecule has 1 N–H and O–H groups in total. The fraction of sp³-hybridized carbons (Fsp3) is 0.400. The first-order chi connectivity index (χ1) is 8.77. The summed E-state index contributed by atoms with van der Waals surface area (Å²) in [4.78, 5) is -0.185. The van der Waals surface area contributed by atoms with Crippen molar-refractivity contribution in [1.82, 2.24) is 4.72 Å². The Morgan fingerprint density at radius 3 is 2.11 bits per heavy atom. The van der Waals surface area contributed by atoms with Gasteiger partial charge in [0.15, 0.2) is 0 Å². The van der Waals surface area contributed by atoms with E-state index in [1.165, 1.54) is 12.1 Å². The monoisotopic (exact) mass is 327 g/mol. The Morgan fingerprint density at radius 2 is 1.63 bits per heavy atom. The molecule has 0 atom stereocenters. The average molecular weight is 328 g/mol. The lowest BCUT2D eigenvalue weighted by Gasteiger charge is -2.07. The van der Waals surface area contributed by atoms with E-state index >= 15 is 0 Å². The maximum absolute atomic E-state index is 11.8. The summed E-state index contributed by atoms with van der Waals surface area (Å²) in [6.07, 6.45) is 0. The van der Waals surface area contributed by atoms with Crippen molar-refractivity contribution in [2.75, 3.05) is 19.8 Å². The summed E-state index contributed by atoms with van der Waals surface area (Å²) < 4.78 is 53.0. The number of rotatable bonds is 7. The van der Waals surface area contributed by atoms with E-state index in [4.69, 9.17) is 15.4 Å². The highest BCUT2D eigenvalue weighted by Crippen LogP contribution is 2.17. The topological polar surface area (TPSA) is 89.5 Å². The third kappa shape index (κ3) is 5.07. The third-order valence-electron chi connectivity index (χ3n) is 2.16. The molecule has 19 heavy (non-hydrogen) atoms. The van der Waals surface area contributed by atoms with E-state index < -0.39 is 19.1 Å². The number of nitrogens with one attached hydrogen (secondary N) is 1. The van der Waals surface area contributed by atoms with Gasteiger partial charge in [0.2, 0.25) is 10.0 Å². The van der Waals surface area contributed by atoms with Crippen molar-refractivity contribution in [3.8, 4) is 0 Å². The summed E-state index contributed by atoms with van der Waals surface area (Å²) in [7, 11) is -2.39. The van der Waals surface area contributed by atoms with Gasteiger partial charge in [0.1, 0.15) is 0 Å². The van der Waals surface area contributed by atoms with Gasteiger partial charge in [-0.2, -0.15) is 0 Å². The fourth-order valence-corrected chi connectivity index (χ4v) is 3.04. The van der Waals surface area contributed by atoms with Gasteiger partial charge >= 0.3 is 0 Å². The van der Waals surface area contributed by atoms with Crippen LogP contribution in [0, 0.1) is 0 Å². The van der Waals surface area contributed by atoms with Gasteiger partial charge in [0.05, 0.1) is 16.4 Å². The molecule has 9 heteroatoms. The first kappa shape index (κ1) is 16.4. The highest BCUT2D eigenvalue weighted by atomic mass is 35.7. The molecule has 0 spiro atoms. The molecule has 0 aliphatic rings. The number of benzene rings is 1. The number of hydrogen-bond donors (Lipinski definition) is 1. The van der Waals surface area contributed by atoms with Crippen LogP contribution in [0.25, 0.3) is 0 Å². The van der Waals surface area contributed by atoms with Crippen LogP contribution in [0.2, 0.25) is 0 Å². The zero-order chi connectivity index (χ0) is 14.5. The van der Waals surface area contributed by atoms with E-state index in [2.05, 4.69) is 4.72 Å². The van der Waals surface area contributed by atoms with Gasteiger partial charge in [-0.3, -0.25) is 0 Å². The molecule has 0 aliphatic heterocycles. The van der Waals surface area contributed by atoms with Gasteiger partial charge in [-0.15, -0.1) is 0 Å². The molecule has 0 aromatic heterocycles. The molecule has 0 amide bonds. The van der Waals surface area contributed by atoms with Crippen LogP contribution in [0.5, 0.6) is 0 Å². The van der Waals surface area contributed by atoms with Gasteiger partial charge in [0.25, 0.3) is 9.05 Å². The molecule has 108 valence electrons. The summed E-state index contributed by atoms with van der Waals surface area (Å²) in [5.41, 5.74) is 0. The number of ether oxygens (including phenoxy) is 1. The lowest BCUT2D eigenvalue weighted by Crippen LogP contribution is -2.27. The zero-order valence-corrected chi connectivity index (χ0v) is 12.6. The van der Waals surface area contributed by atoms with Crippen molar-refractivity contribution in [2.45, 2.75) is 16.7 Å². The van der Waals surface area contributed by atoms with Gasteiger partial charge in [0, 0.05) is 23.8 Å². The van der Waals surface area contributed by atoms with E-state index in [-0.39, 0.29) is 22.9 Å². The van der Waals surface area contributed by atoms with Crippen LogP contribution in [0.1, 0.15) is 6.92 Å². The lowest BCUT2D eigenvalue weighted by molar-refractivity contribution is 0.153. The second-order valence-corrected chi connectivity index (χ2v) is 7.84. The van der Waals surface area contributed by atoms with Crippen molar-refractivity contribution in [1.29, 1.82) is 0 Å². The smallest absolute Gasteiger partial charge is 0.261 e. The van der Waals surface area contributed by atoms with Crippen LogP contribution in [0.4, 0.5) is 0 Å². The second-order valence-electron chi connectivity index (χ2n) is 3.50. The maximum Gasteiger partial charge on any atom is 0.261 e. The minimum Gasteiger partial charge on any atom is -0.380 e. The van der Waals surface area contributed by atoms with Crippen molar-refractivity contribution in [3.63, 3.8) is 0 Å². The number of halogens is 1. The molecule has 1 aromatic rings. The van der Waals surface area contributed by atoms with E-state index in [0.717, 1.165) is 12.1 Å². The molecule has 0 bridgehead atoms. The first-order valence-electron chi connectivity index (χ1n) is 5.39. The minimum absolute atomic E-state index is 0.0342. The van der Waals surface area contributed by atoms with Crippen LogP contribution in [-0.4, -0.2) is 36.6 Å². The van der Waals surface area contributed by atoms with Crippen LogP contribution >= 0.6 is 10.7 Å². The molecule has 0 saturated heterocycles. The second kappa shape index (κ2) is 6.67. The highest BCUT2D eigenvalue weighted by molar-refractivity contribution is 8.13. The Kier molecular flexibility index (Phi) is 5.75. The van der Waals surface area contributed by atoms with Crippen molar-refractivity contribution < 1.29 is 21.6 Å². The Labute approximate surface area is 117 Å². The van der Waals surface area contributed by atoms with Crippen molar-refractivity contribution >= 4 is 29.8 Å². The molecule has 1 rings (SSSR count).